The van der Waals surface area contributed by atoms with E-state index in [1.807, 2.05) is 0 Å². The van der Waals surface area contributed by atoms with Crippen molar-refractivity contribution in [1.82, 2.24) is 25.3 Å². The summed E-state index contributed by atoms with van der Waals surface area (Å²) in [5.41, 5.74) is -1.97. The standard InChI is InChI=1S/C18H15F4N5O3/c1-29-15-7-6-14(25-26-15)27-16(18(20,21)22)13(10-24-27)17(28)23-8-9-30-12-4-2-11(19)3-5-12/h2-7,10H,8-9H2,1H3,(H,23,28). The van der Waals surface area contributed by atoms with Gasteiger partial charge in [-0.15, -0.1) is 10.2 Å². The van der Waals surface area contributed by atoms with Crippen molar-refractivity contribution in [3.63, 3.8) is 0 Å². The first-order valence-corrected chi connectivity index (χ1v) is 8.49. The van der Waals surface area contributed by atoms with Crippen LogP contribution in [0.25, 0.3) is 5.82 Å². The summed E-state index contributed by atoms with van der Waals surface area (Å²) in [7, 11) is 1.33. The molecule has 1 aromatic carbocycles. The van der Waals surface area contributed by atoms with Gasteiger partial charge in [-0.3, -0.25) is 4.79 Å². The SMILES string of the molecule is COc1ccc(-n2ncc(C(=O)NCCOc3ccc(F)cc3)c2C(F)(F)F)nn1. The molecule has 2 aromatic heterocycles. The fourth-order valence-electron chi connectivity index (χ4n) is 2.46. The van der Waals surface area contributed by atoms with Crippen LogP contribution in [0.5, 0.6) is 11.6 Å². The summed E-state index contributed by atoms with van der Waals surface area (Å²) >= 11 is 0. The Morgan fingerprint density at radius 3 is 2.47 bits per heavy atom. The highest BCUT2D eigenvalue weighted by Gasteiger charge is 2.41. The van der Waals surface area contributed by atoms with Crippen LogP contribution in [0.4, 0.5) is 17.6 Å². The third kappa shape index (κ3) is 4.82. The number of rotatable bonds is 7. The molecule has 0 unspecified atom stereocenters. The highest BCUT2D eigenvalue weighted by molar-refractivity contribution is 5.95. The lowest BCUT2D eigenvalue weighted by Crippen LogP contribution is -2.30. The third-order valence-electron chi connectivity index (χ3n) is 3.80. The van der Waals surface area contributed by atoms with E-state index < -0.39 is 29.2 Å². The summed E-state index contributed by atoms with van der Waals surface area (Å²) in [6.45, 7) is -0.113. The predicted octanol–water partition coefficient (Wildman–Crippen LogP) is 2.64. The molecule has 0 aliphatic carbocycles. The minimum Gasteiger partial charge on any atom is -0.492 e. The summed E-state index contributed by atoms with van der Waals surface area (Å²) in [6, 6.07) is 7.71. The number of nitrogens with zero attached hydrogens (tertiary/aromatic N) is 4. The van der Waals surface area contributed by atoms with E-state index in [4.69, 9.17) is 9.47 Å². The van der Waals surface area contributed by atoms with E-state index in [2.05, 4.69) is 20.6 Å². The zero-order chi connectivity index (χ0) is 21.7. The van der Waals surface area contributed by atoms with Gasteiger partial charge in [0.1, 0.15) is 18.2 Å². The van der Waals surface area contributed by atoms with Crippen molar-refractivity contribution in [2.24, 2.45) is 0 Å². The molecule has 12 heteroatoms. The van der Waals surface area contributed by atoms with E-state index in [0.29, 0.717) is 10.4 Å². The Hall–Kier alpha value is -3.70. The second kappa shape index (κ2) is 8.76. The molecule has 3 rings (SSSR count). The lowest BCUT2D eigenvalue weighted by atomic mass is 10.2. The smallest absolute Gasteiger partial charge is 0.434 e. The van der Waals surface area contributed by atoms with Gasteiger partial charge < -0.3 is 14.8 Å². The molecule has 0 radical (unpaired) electrons. The Kier molecular flexibility index (Phi) is 6.14. The van der Waals surface area contributed by atoms with Crippen LogP contribution in [0, 0.1) is 5.82 Å². The normalized spacial score (nSPS) is 11.2. The van der Waals surface area contributed by atoms with Gasteiger partial charge >= 0.3 is 6.18 Å². The number of carbonyl (C=O) groups excluding carboxylic acids is 1. The minimum absolute atomic E-state index is 0.0309. The van der Waals surface area contributed by atoms with Gasteiger partial charge in [-0.1, -0.05) is 0 Å². The van der Waals surface area contributed by atoms with Gasteiger partial charge in [0.2, 0.25) is 5.88 Å². The molecular weight excluding hydrogens is 410 g/mol. The number of alkyl halides is 3. The Morgan fingerprint density at radius 1 is 1.13 bits per heavy atom. The zero-order valence-electron chi connectivity index (χ0n) is 15.5. The molecule has 2 heterocycles. The van der Waals surface area contributed by atoms with Crippen LogP contribution < -0.4 is 14.8 Å². The Labute approximate surface area is 167 Å². The van der Waals surface area contributed by atoms with E-state index in [1.54, 1.807) is 0 Å². The van der Waals surface area contributed by atoms with Crippen molar-refractivity contribution in [3.05, 3.63) is 59.7 Å². The Balaban J connectivity index is 1.71. The quantitative estimate of drug-likeness (QED) is 0.462. The van der Waals surface area contributed by atoms with E-state index in [-0.39, 0.29) is 24.8 Å². The summed E-state index contributed by atoms with van der Waals surface area (Å²) in [5, 5.41) is 13.2. The number of amides is 1. The van der Waals surface area contributed by atoms with Crippen LogP contribution in [0.2, 0.25) is 0 Å². The monoisotopic (exact) mass is 425 g/mol. The number of halogens is 4. The van der Waals surface area contributed by atoms with E-state index in [1.165, 1.54) is 43.5 Å². The van der Waals surface area contributed by atoms with Gasteiger partial charge in [-0.25, -0.2) is 9.07 Å². The molecule has 158 valence electrons. The molecule has 0 spiro atoms. The number of carbonyl (C=O) groups is 1. The molecule has 0 fully saturated rings. The number of hydrogen-bond acceptors (Lipinski definition) is 6. The number of methoxy groups -OCH3 is 1. The summed E-state index contributed by atoms with van der Waals surface area (Å²) in [4.78, 5) is 12.3. The van der Waals surface area contributed by atoms with Crippen LogP contribution in [0.1, 0.15) is 16.1 Å². The fourth-order valence-corrected chi connectivity index (χ4v) is 2.46. The fraction of sp³-hybridized carbons (Fsp3) is 0.222. The van der Waals surface area contributed by atoms with Gasteiger partial charge in [0.25, 0.3) is 5.91 Å². The molecule has 0 bridgehead atoms. The van der Waals surface area contributed by atoms with Crippen LogP contribution in [0.3, 0.4) is 0 Å². The van der Waals surface area contributed by atoms with E-state index in [9.17, 15) is 22.4 Å². The van der Waals surface area contributed by atoms with Gasteiger partial charge in [-0.05, 0) is 30.3 Å². The summed E-state index contributed by atoms with van der Waals surface area (Å²) in [6.07, 6.45) is -4.08. The maximum Gasteiger partial charge on any atom is 0.434 e. The minimum atomic E-state index is -4.88. The van der Waals surface area contributed by atoms with Crippen LogP contribution in [0.15, 0.2) is 42.6 Å². The molecule has 1 amide bonds. The highest BCUT2D eigenvalue weighted by atomic mass is 19.4. The number of benzene rings is 1. The molecule has 0 aliphatic rings. The average Bonchev–Trinajstić information content (AvgIpc) is 3.18. The number of hydrogen-bond donors (Lipinski definition) is 1. The molecule has 0 atom stereocenters. The predicted molar refractivity (Wildman–Crippen MR) is 94.9 cm³/mol. The van der Waals surface area contributed by atoms with Crippen molar-refractivity contribution >= 4 is 5.91 Å². The van der Waals surface area contributed by atoms with Crippen LogP contribution in [-0.2, 0) is 6.18 Å². The first kappa shape index (κ1) is 21.0. The average molecular weight is 425 g/mol. The lowest BCUT2D eigenvalue weighted by Gasteiger charge is -2.12. The lowest BCUT2D eigenvalue weighted by molar-refractivity contribution is -0.143. The molecule has 1 N–H and O–H groups in total. The highest BCUT2D eigenvalue weighted by Crippen LogP contribution is 2.33. The molecule has 0 saturated heterocycles. The van der Waals surface area contributed by atoms with Crippen molar-refractivity contribution in [2.75, 3.05) is 20.3 Å². The van der Waals surface area contributed by atoms with Crippen molar-refractivity contribution in [1.29, 1.82) is 0 Å². The Morgan fingerprint density at radius 2 is 1.87 bits per heavy atom. The molecule has 8 nitrogen and oxygen atoms in total. The Bertz CT molecular complexity index is 1000. The van der Waals surface area contributed by atoms with Crippen LogP contribution in [-0.4, -0.2) is 46.1 Å². The van der Waals surface area contributed by atoms with Crippen LogP contribution >= 0.6 is 0 Å². The maximum absolute atomic E-state index is 13.6. The summed E-state index contributed by atoms with van der Waals surface area (Å²) in [5.74, 6) is -1.19. The maximum atomic E-state index is 13.6. The topological polar surface area (TPSA) is 91.2 Å². The van der Waals surface area contributed by atoms with Crippen molar-refractivity contribution < 1.29 is 31.8 Å². The third-order valence-corrected chi connectivity index (χ3v) is 3.80. The van der Waals surface area contributed by atoms with E-state index in [0.717, 1.165) is 6.20 Å². The number of ether oxygens (including phenoxy) is 2. The second-order valence-corrected chi connectivity index (χ2v) is 5.81. The number of aromatic nitrogens is 4. The van der Waals surface area contributed by atoms with Gasteiger partial charge in [0.15, 0.2) is 11.5 Å². The van der Waals surface area contributed by atoms with Gasteiger partial charge in [0.05, 0.1) is 25.4 Å². The molecule has 0 aliphatic heterocycles. The zero-order valence-corrected chi connectivity index (χ0v) is 15.5. The first-order chi connectivity index (χ1) is 14.3. The van der Waals surface area contributed by atoms with E-state index >= 15 is 0 Å². The molecular formula is C18H15F4N5O3. The molecule has 0 saturated carbocycles. The van der Waals surface area contributed by atoms with Gasteiger partial charge in [-0.2, -0.15) is 18.3 Å². The van der Waals surface area contributed by atoms with Crippen molar-refractivity contribution in [2.45, 2.75) is 6.18 Å². The van der Waals surface area contributed by atoms with Crippen molar-refractivity contribution in [3.8, 4) is 17.4 Å². The first-order valence-electron chi connectivity index (χ1n) is 8.49. The largest absolute Gasteiger partial charge is 0.492 e. The molecule has 30 heavy (non-hydrogen) atoms. The van der Waals surface area contributed by atoms with Gasteiger partial charge in [0, 0.05) is 6.07 Å². The molecule has 3 aromatic rings. The second-order valence-electron chi connectivity index (χ2n) is 5.81. The number of nitrogens with one attached hydrogen (secondary N) is 1. The summed E-state index contributed by atoms with van der Waals surface area (Å²) < 4.78 is 64.2.